The molecule has 150 valence electrons. The number of para-hydroxylation sites is 1. The number of carbonyl (C=O) groups is 1. The number of benzene rings is 1. The van der Waals surface area contributed by atoms with Crippen LogP contribution in [0.5, 0.6) is 0 Å². The Balaban J connectivity index is 1.38. The lowest BCUT2D eigenvalue weighted by Crippen LogP contribution is -2.48. The zero-order chi connectivity index (χ0) is 20.0. The Labute approximate surface area is 174 Å². The number of thiazole rings is 1. The monoisotopic (exact) mass is 408 g/mol. The lowest BCUT2D eigenvalue weighted by molar-refractivity contribution is -0.0963. The molecule has 2 aromatic heterocycles. The molecular weight excluding hydrogens is 384 g/mol. The van der Waals surface area contributed by atoms with Crippen LogP contribution in [0.2, 0.25) is 0 Å². The van der Waals surface area contributed by atoms with Gasteiger partial charge in [-0.1, -0.05) is 18.2 Å². The van der Waals surface area contributed by atoms with Crippen molar-refractivity contribution in [3.8, 4) is 5.69 Å². The van der Waals surface area contributed by atoms with Gasteiger partial charge in [-0.3, -0.25) is 4.79 Å². The van der Waals surface area contributed by atoms with Crippen molar-refractivity contribution < 1.29 is 9.53 Å². The van der Waals surface area contributed by atoms with Crippen molar-refractivity contribution in [2.24, 2.45) is 0 Å². The van der Waals surface area contributed by atoms with Gasteiger partial charge in [-0.05, 0) is 50.8 Å². The van der Waals surface area contributed by atoms with E-state index in [1.54, 1.807) is 0 Å². The lowest BCUT2D eigenvalue weighted by Gasteiger charge is -2.42. The second-order valence-corrected chi connectivity index (χ2v) is 9.02. The number of hydrogen-bond donors (Lipinski definition) is 0. The van der Waals surface area contributed by atoms with Gasteiger partial charge in [0, 0.05) is 19.3 Å². The molecule has 0 saturated carbocycles. The van der Waals surface area contributed by atoms with Crippen LogP contribution in [0.3, 0.4) is 0 Å². The van der Waals surface area contributed by atoms with Crippen LogP contribution in [-0.2, 0) is 16.8 Å². The molecule has 1 aromatic carbocycles. The fourth-order valence-electron chi connectivity index (χ4n) is 4.44. The van der Waals surface area contributed by atoms with Crippen LogP contribution in [0.1, 0.15) is 44.5 Å². The summed E-state index contributed by atoms with van der Waals surface area (Å²) in [6.45, 7) is 5.91. The molecule has 0 N–H and O–H groups in total. The summed E-state index contributed by atoms with van der Waals surface area (Å²) >= 11 is 1.48. The number of hydrogen-bond acceptors (Lipinski definition) is 5. The number of rotatable bonds is 2. The van der Waals surface area contributed by atoms with Gasteiger partial charge >= 0.3 is 0 Å². The number of carbonyl (C=O) groups excluding carboxylic acids is 1. The molecule has 5 rings (SSSR count). The minimum absolute atomic E-state index is 0.0915. The fourth-order valence-corrected chi connectivity index (χ4v) is 5.33. The predicted octanol–water partition coefficient (Wildman–Crippen LogP) is 3.65. The Hall–Kier alpha value is -2.51. The van der Waals surface area contributed by atoms with Gasteiger partial charge in [0.05, 0.1) is 28.7 Å². The maximum Gasteiger partial charge on any atom is 0.265 e. The summed E-state index contributed by atoms with van der Waals surface area (Å²) in [4.78, 5) is 20.1. The van der Waals surface area contributed by atoms with Crippen LogP contribution < -0.4 is 0 Å². The van der Waals surface area contributed by atoms with E-state index in [1.165, 1.54) is 16.9 Å². The zero-order valence-electron chi connectivity index (χ0n) is 16.7. The number of likely N-dealkylation sites (tertiary alicyclic amines) is 1. The molecule has 4 heterocycles. The molecule has 0 atom stereocenters. The molecule has 1 spiro atoms. The normalized spacial score (nSPS) is 18.1. The van der Waals surface area contributed by atoms with E-state index in [1.807, 2.05) is 41.6 Å². The van der Waals surface area contributed by atoms with Crippen LogP contribution >= 0.6 is 11.3 Å². The van der Waals surface area contributed by atoms with Crippen LogP contribution in [0, 0.1) is 13.8 Å². The van der Waals surface area contributed by atoms with Gasteiger partial charge in [-0.2, -0.15) is 5.10 Å². The second kappa shape index (κ2) is 7.07. The topological polar surface area (TPSA) is 60.3 Å². The van der Waals surface area contributed by atoms with Gasteiger partial charge in [-0.15, -0.1) is 11.3 Å². The summed E-state index contributed by atoms with van der Waals surface area (Å²) in [5.41, 5.74) is 3.80. The Kier molecular flexibility index (Phi) is 4.52. The number of nitrogens with zero attached hydrogens (tertiary/aromatic N) is 4. The van der Waals surface area contributed by atoms with Gasteiger partial charge < -0.3 is 9.64 Å². The molecule has 6 nitrogen and oxygen atoms in total. The molecule has 0 unspecified atom stereocenters. The average molecular weight is 409 g/mol. The standard InChI is InChI=1S/C22H24N4O2S/c1-15-19(29-16(2)23-15)21(27)25-11-9-22(10-12-25)20-17(8-13-28-22)14-26(24-20)18-6-4-3-5-7-18/h3-7,14H,8-13H2,1-2H3. The lowest BCUT2D eigenvalue weighted by atomic mass is 9.83. The highest BCUT2D eigenvalue weighted by molar-refractivity contribution is 7.13. The molecule has 3 aromatic rings. The summed E-state index contributed by atoms with van der Waals surface area (Å²) < 4.78 is 8.28. The highest BCUT2D eigenvalue weighted by Gasteiger charge is 2.44. The van der Waals surface area contributed by atoms with E-state index in [2.05, 4.69) is 23.3 Å². The van der Waals surface area contributed by atoms with E-state index in [0.717, 1.165) is 46.2 Å². The van der Waals surface area contributed by atoms with Gasteiger partial charge in [0.15, 0.2) is 0 Å². The highest BCUT2D eigenvalue weighted by atomic mass is 32.1. The van der Waals surface area contributed by atoms with Crippen molar-refractivity contribution in [3.05, 3.63) is 63.4 Å². The van der Waals surface area contributed by atoms with E-state index in [9.17, 15) is 4.79 Å². The van der Waals surface area contributed by atoms with Gasteiger partial charge in [0.2, 0.25) is 0 Å². The second-order valence-electron chi connectivity index (χ2n) is 7.82. The first kappa shape index (κ1) is 18.5. The fraction of sp³-hybridized carbons (Fsp3) is 0.409. The average Bonchev–Trinajstić information content (AvgIpc) is 3.33. The van der Waals surface area contributed by atoms with Crippen LogP contribution in [0.15, 0.2) is 36.5 Å². The summed E-state index contributed by atoms with van der Waals surface area (Å²) in [6.07, 6.45) is 4.56. The number of amides is 1. The number of ether oxygens (including phenoxy) is 1. The Morgan fingerprint density at radius 2 is 1.93 bits per heavy atom. The largest absolute Gasteiger partial charge is 0.368 e. The Morgan fingerprint density at radius 1 is 1.17 bits per heavy atom. The van der Waals surface area contributed by atoms with E-state index in [4.69, 9.17) is 9.84 Å². The van der Waals surface area contributed by atoms with Crippen LogP contribution in [0.4, 0.5) is 0 Å². The third-order valence-electron chi connectivity index (χ3n) is 5.95. The van der Waals surface area contributed by atoms with Crippen molar-refractivity contribution in [2.75, 3.05) is 19.7 Å². The number of fused-ring (bicyclic) bond motifs is 2. The molecular formula is C22H24N4O2S. The third kappa shape index (κ3) is 3.18. The molecule has 1 fully saturated rings. The van der Waals surface area contributed by atoms with Gasteiger partial charge in [0.25, 0.3) is 5.91 Å². The minimum Gasteiger partial charge on any atom is -0.368 e. The van der Waals surface area contributed by atoms with E-state index >= 15 is 0 Å². The zero-order valence-corrected chi connectivity index (χ0v) is 17.5. The summed E-state index contributed by atoms with van der Waals surface area (Å²) in [5.74, 6) is 0.0915. The van der Waals surface area contributed by atoms with Crippen molar-refractivity contribution in [2.45, 2.75) is 38.7 Å². The first-order valence-corrected chi connectivity index (χ1v) is 10.9. The van der Waals surface area contributed by atoms with Crippen molar-refractivity contribution in [1.82, 2.24) is 19.7 Å². The van der Waals surface area contributed by atoms with Gasteiger partial charge in [-0.25, -0.2) is 9.67 Å². The van der Waals surface area contributed by atoms with Crippen molar-refractivity contribution >= 4 is 17.2 Å². The first-order chi connectivity index (χ1) is 14.1. The summed E-state index contributed by atoms with van der Waals surface area (Å²) in [7, 11) is 0. The maximum atomic E-state index is 13.0. The summed E-state index contributed by atoms with van der Waals surface area (Å²) in [5, 5.41) is 5.86. The van der Waals surface area contributed by atoms with Crippen molar-refractivity contribution in [3.63, 3.8) is 0 Å². The maximum absolute atomic E-state index is 13.0. The van der Waals surface area contributed by atoms with E-state index in [-0.39, 0.29) is 11.5 Å². The van der Waals surface area contributed by atoms with Crippen LogP contribution in [-0.4, -0.2) is 45.3 Å². The number of piperidine rings is 1. The third-order valence-corrected chi connectivity index (χ3v) is 7.01. The molecule has 2 aliphatic heterocycles. The Bertz CT molecular complexity index is 1050. The number of aromatic nitrogens is 3. The smallest absolute Gasteiger partial charge is 0.265 e. The molecule has 2 aliphatic rings. The van der Waals surface area contributed by atoms with Gasteiger partial charge in [0.1, 0.15) is 10.5 Å². The first-order valence-electron chi connectivity index (χ1n) is 10.1. The molecule has 29 heavy (non-hydrogen) atoms. The molecule has 7 heteroatoms. The molecule has 1 amide bonds. The SMILES string of the molecule is Cc1nc(C)c(C(=O)N2CCC3(CC2)OCCc2cn(-c4ccccc4)nc23)s1. The van der Waals surface area contributed by atoms with E-state index < -0.39 is 0 Å². The Morgan fingerprint density at radius 3 is 2.62 bits per heavy atom. The van der Waals surface area contributed by atoms with E-state index in [0.29, 0.717) is 19.7 Å². The molecule has 0 radical (unpaired) electrons. The quantitative estimate of drug-likeness (QED) is 0.649. The molecule has 0 bridgehead atoms. The number of aryl methyl sites for hydroxylation is 2. The molecule has 0 aliphatic carbocycles. The minimum atomic E-state index is -0.386. The molecule has 1 saturated heterocycles. The predicted molar refractivity (Wildman–Crippen MR) is 112 cm³/mol. The summed E-state index contributed by atoms with van der Waals surface area (Å²) in [6, 6.07) is 10.2. The highest BCUT2D eigenvalue weighted by Crippen LogP contribution is 2.41. The van der Waals surface area contributed by atoms with Crippen molar-refractivity contribution in [1.29, 1.82) is 0 Å². The van der Waals surface area contributed by atoms with Crippen LogP contribution in [0.25, 0.3) is 5.69 Å².